The molecule has 15 heavy (non-hydrogen) atoms. The van der Waals surface area contributed by atoms with Crippen molar-refractivity contribution in [3.05, 3.63) is 5.82 Å². The van der Waals surface area contributed by atoms with Crippen LogP contribution in [-0.2, 0) is 0 Å². The van der Waals surface area contributed by atoms with Gasteiger partial charge in [-0.2, -0.15) is 4.37 Å². The van der Waals surface area contributed by atoms with Crippen LogP contribution in [-0.4, -0.2) is 27.7 Å². The van der Waals surface area contributed by atoms with Crippen molar-refractivity contribution in [2.75, 3.05) is 13.1 Å². The average molecular weight is 245 g/mol. The van der Waals surface area contributed by atoms with Crippen molar-refractivity contribution in [3.8, 4) is 0 Å². The van der Waals surface area contributed by atoms with Gasteiger partial charge in [0.05, 0.1) is 0 Å². The molecule has 1 heterocycles. The molecule has 1 atom stereocenters. The molecule has 0 aliphatic heterocycles. The van der Waals surface area contributed by atoms with Crippen molar-refractivity contribution in [1.29, 1.82) is 0 Å². The zero-order valence-electron chi connectivity index (χ0n) is 9.78. The topological polar surface area (TPSA) is 37.8 Å². The van der Waals surface area contributed by atoms with E-state index in [-0.39, 0.29) is 0 Å². The van der Waals surface area contributed by atoms with E-state index in [2.05, 4.69) is 35.4 Å². The molecule has 0 fully saturated rings. The number of nitrogens with one attached hydrogen (secondary N) is 1. The Morgan fingerprint density at radius 1 is 1.33 bits per heavy atom. The largest absolute Gasteiger partial charge is 0.315 e. The Labute approximate surface area is 100 Å². The normalized spacial score (nSPS) is 13.4. The van der Waals surface area contributed by atoms with Crippen LogP contribution in [0.3, 0.4) is 0 Å². The third kappa shape index (κ3) is 5.49. The van der Waals surface area contributed by atoms with Gasteiger partial charge in [0.2, 0.25) is 0 Å². The fraction of sp³-hybridized carbons (Fsp3) is 0.800. The van der Waals surface area contributed by atoms with Gasteiger partial charge in [-0.3, -0.25) is 0 Å². The van der Waals surface area contributed by atoms with Gasteiger partial charge < -0.3 is 5.32 Å². The lowest BCUT2D eigenvalue weighted by Gasteiger charge is -2.11. The standard InChI is InChI=1S/C10H19N3S2/c1-7(2)5-11-6-8(3)14-10-12-9(4)13-15-10/h7-8,11H,5-6H2,1-4H3. The third-order valence-electron chi connectivity index (χ3n) is 1.80. The summed E-state index contributed by atoms with van der Waals surface area (Å²) in [7, 11) is 0. The maximum absolute atomic E-state index is 4.34. The maximum atomic E-state index is 4.34. The summed E-state index contributed by atoms with van der Waals surface area (Å²) < 4.78 is 5.24. The Bertz CT molecular complexity index is 286. The Kier molecular flexibility index (Phi) is 5.56. The number of rotatable bonds is 6. The SMILES string of the molecule is Cc1nsc(SC(C)CNCC(C)C)n1. The Morgan fingerprint density at radius 2 is 2.07 bits per heavy atom. The molecule has 5 heteroatoms. The summed E-state index contributed by atoms with van der Waals surface area (Å²) in [6, 6.07) is 0. The van der Waals surface area contributed by atoms with Gasteiger partial charge in [-0.25, -0.2) is 4.98 Å². The van der Waals surface area contributed by atoms with Crippen LogP contribution in [0.15, 0.2) is 4.34 Å². The number of hydrogen-bond acceptors (Lipinski definition) is 5. The lowest BCUT2D eigenvalue weighted by Crippen LogP contribution is -2.26. The molecule has 1 unspecified atom stereocenters. The van der Waals surface area contributed by atoms with Crippen molar-refractivity contribution in [1.82, 2.24) is 14.7 Å². The van der Waals surface area contributed by atoms with Gasteiger partial charge >= 0.3 is 0 Å². The zero-order chi connectivity index (χ0) is 11.3. The van der Waals surface area contributed by atoms with Crippen LogP contribution in [0.5, 0.6) is 0 Å². The van der Waals surface area contributed by atoms with E-state index >= 15 is 0 Å². The number of aromatic nitrogens is 2. The van der Waals surface area contributed by atoms with E-state index in [1.165, 1.54) is 11.5 Å². The van der Waals surface area contributed by atoms with Crippen LogP contribution in [0.4, 0.5) is 0 Å². The van der Waals surface area contributed by atoms with Crippen LogP contribution >= 0.6 is 23.3 Å². The molecule has 3 nitrogen and oxygen atoms in total. The molecule has 0 bridgehead atoms. The summed E-state index contributed by atoms with van der Waals surface area (Å²) in [4.78, 5) is 4.34. The maximum Gasteiger partial charge on any atom is 0.170 e. The van der Waals surface area contributed by atoms with Crippen molar-refractivity contribution >= 4 is 23.3 Å². The minimum absolute atomic E-state index is 0.552. The summed E-state index contributed by atoms with van der Waals surface area (Å²) in [6.45, 7) is 10.7. The molecular weight excluding hydrogens is 226 g/mol. The fourth-order valence-corrected chi connectivity index (χ4v) is 3.05. The first-order chi connectivity index (χ1) is 7.08. The summed E-state index contributed by atoms with van der Waals surface area (Å²) in [6.07, 6.45) is 0. The van der Waals surface area contributed by atoms with E-state index in [0.29, 0.717) is 11.2 Å². The second-order valence-corrected chi connectivity index (χ2v) is 6.53. The lowest BCUT2D eigenvalue weighted by atomic mass is 10.2. The number of thioether (sulfide) groups is 1. The number of aryl methyl sites for hydroxylation is 1. The van der Waals surface area contributed by atoms with Gasteiger partial charge in [0.1, 0.15) is 5.82 Å². The molecule has 1 N–H and O–H groups in total. The van der Waals surface area contributed by atoms with E-state index in [0.717, 1.165) is 23.3 Å². The van der Waals surface area contributed by atoms with Gasteiger partial charge in [-0.1, -0.05) is 32.5 Å². The number of nitrogens with zero attached hydrogens (tertiary/aromatic N) is 2. The van der Waals surface area contributed by atoms with Crippen molar-refractivity contribution < 1.29 is 0 Å². The highest BCUT2D eigenvalue weighted by Crippen LogP contribution is 2.24. The Hall–Kier alpha value is -0.130. The fourth-order valence-electron chi connectivity index (χ4n) is 1.11. The molecule has 0 saturated heterocycles. The molecule has 0 aliphatic carbocycles. The molecule has 1 aromatic rings. The third-order valence-corrected chi connectivity index (χ3v) is 3.77. The molecule has 0 aromatic carbocycles. The van der Waals surface area contributed by atoms with E-state index in [1.807, 2.05) is 6.92 Å². The van der Waals surface area contributed by atoms with Crippen LogP contribution in [0.25, 0.3) is 0 Å². The summed E-state index contributed by atoms with van der Waals surface area (Å²) in [5.74, 6) is 1.59. The van der Waals surface area contributed by atoms with Gasteiger partial charge in [-0.05, 0) is 30.9 Å². The zero-order valence-corrected chi connectivity index (χ0v) is 11.4. The first-order valence-electron chi connectivity index (χ1n) is 5.25. The highest BCUT2D eigenvalue weighted by molar-refractivity contribution is 8.01. The Balaban J connectivity index is 2.21. The molecule has 1 rings (SSSR count). The highest BCUT2D eigenvalue weighted by Gasteiger charge is 2.07. The van der Waals surface area contributed by atoms with Crippen molar-refractivity contribution in [2.45, 2.75) is 37.3 Å². The first kappa shape index (κ1) is 12.9. The van der Waals surface area contributed by atoms with E-state index < -0.39 is 0 Å². The molecule has 0 radical (unpaired) electrons. The highest BCUT2D eigenvalue weighted by atomic mass is 32.2. The van der Waals surface area contributed by atoms with E-state index in [9.17, 15) is 0 Å². The first-order valence-corrected chi connectivity index (χ1v) is 6.91. The predicted octanol–water partition coefficient (Wildman–Crippen LogP) is 2.57. The monoisotopic (exact) mass is 245 g/mol. The summed E-state index contributed by atoms with van der Waals surface area (Å²) in [5, 5.41) is 4.00. The van der Waals surface area contributed by atoms with Crippen LogP contribution in [0, 0.1) is 12.8 Å². The van der Waals surface area contributed by atoms with Crippen LogP contribution < -0.4 is 5.32 Å². The van der Waals surface area contributed by atoms with Gasteiger partial charge in [0.15, 0.2) is 4.34 Å². The number of hydrogen-bond donors (Lipinski definition) is 1. The summed E-state index contributed by atoms with van der Waals surface area (Å²) in [5.41, 5.74) is 0. The molecule has 0 amide bonds. The quantitative estimate of drug-likeness (QED) is 0.782. The lowest BCUT2D eigenvalue weighted by molar-refractivity contribution is 0.554. The van der Waals surface area contributed by atoms with E-state index in [4.69, 9.17) is 0 Å². The minimum atomic E-state index is 0.552. The molecule has 0 spiro atoms. The second-order valence-electron chi connectivity index (χ2n) is 4.09. The molecule has 0 aliphatic rings. The second kappa shape index (κ2) is 6.45. The molecule has 1 aromatic heterocycles. The molecule has 0 saturated carbocycles. The van der Waals surface area contributed by atoms with Gasteiger partial charge in [0.25, 0.3) is 0 Å². The summed E-state index contributed by atoms with van der Waals surface area (Å²) >= 11 is 3.29. The van der Waals surface area contributed by atoms with E-state index in [1.54, 1.807) is 11.8 Å². The molecular formula is C10H19N3S2. The van der Waals surface area contributed by atoms with Gasteiger partial charge in [0, 0.05) is 11.8 Å². The minimum Gasteiger partial charge on any atom is -0.315 e. The van der Waals surface area contributed by atoms with Crippen LogP contribution in [0.1, 0.15) is 26.6 Å². The average Bonchev–Trinajstić information content (AvgIpc) is 2.50. The van der Waals surface area contributed by atoms with Crippen LogP contribution in [0.2, 0.25) is 0 Å². The van der Waals surface area contributed by atoms with Crippen molar-refractivity contribution in [2.24, 2.45) is 5.92 Å². The molecule has 86 valence electrons. The van der Waals surface area contributed by atoms with Gasteiger partial charge in [-0.15, -0.1) is 0 Å². The predicted molar refractivity (Wildman–Crippen MR) is 67.7 cm³/mol. The van der Waals surface area contributed by atoms with Crippen molar-refractivity contribution in [3.63, 3.8) is 0 Å². The Morgan fingerprint density at radius 3 is 2.60 bits per heavy atom. The smallest absolute Gasteiger partial charge is 0.170 e.